The maximum Gasteiger partial charge on any atom is 0.278 e. The minimum absolute atomic E-state index is 0.0668. The zero-order valence-corrected chi connectivity index (χ0v) is 20.3. The summed E-state index contributed by atoms with van der Waals surface area (Å²) in [5.74, 6) is 0.419. The molecule has 9 heteroatoms. The minimum Gasteiger partial charge on any atom is -0.323 e. The molecule has 0 aliphatic carbocycles. The van der Waals surface area contributed by atoms with Gasteiger partial charge in [0.1, 0.15) is 5.39 Å². The number of rotatable bonds is 4. The van der Waals surface area contributed by atoms with Gasteiger partial charge < -0.3 is 10.6 Å². The third-order valence-corrected chi connectivity index (χ3v) is 6.05. The molecule has 0 bridgehead atoms. The zero-order chi connectivity index (χ0) is 24.0. The average Bonchev–Trinajstić information content (AvgIpc) is 3.10. The van der Waals surface area contributed by atoms with E-state index < -0.39 is 0 Å². The lowest BCUT2D eigenvalue weighted by atomic mass is 9.91. The van der Waals surface area contributed by atoms with Crippen molar-refractivity contribution in [2.45, 2.75) is 59.0 Å². The van der Waals surface area contributed by atoms with Crippen LogP contribution in [-0.4, -0.2) is 35.8 Å². The molecule has 0 atom stereocenters. The molecule has 0 aromatic carbocycles. The van der Waals surface area contributed by atoms with Gasteiger partial charge in [0.25, 0.3) is 5.56 Å². The van der Waals surface area contributed by atoms with E-state index in [-0.39, 0.29) is 17.0 Å². The van der Waals surface area contributed by atoms with E-state index >= 15 is 0 Å². The van der Waals surface area contributed by atoms with E-state index in [2.05, 4.69) is 52.4 Å². The molecule has 5 rings (SSSR count). The molecule has 2 N–H and O–H groups in total. The smallest absolute Gasteiger partial charge is 0.278 e. The van der Waals surface area contributed by atoms with Crippen molar-refractivity contribution >= 4 is 22.7 Å². The van der Waals surface area contributed by atoms with Crippen LogP contribution < -0.4 is 16.2 Å². The van der Waals surface area contributed by atoms with Gasteiger partial charge >= 0.3 is 0 Å². The van der Waals surface area contributed by atoms with Crippen LogP contribution in [-0.2, 0) is 18.4 Å². The van der Waals surface area contributed by atoms with Crippen LogP contribution in [0.3, 0.4) is 0 Å². The highest BCUT2D eigenvalue weighted by Crippen LogP contribution is 2.25. The fourth-order valence-corrected chi connectivity index (χ4v) is 4.28. The molecule has 0 unspecified atom stereocenters. The Morgan fingerprint density at radius 1 is 1.12 bits per heavy atom. The summed E-state index contributed by atoms with van der Waals surface area (Å²) in [5, 5.41) is 7.09. The Hall–Kier alpha value is -3.59. The predicted molar refractivity (Wildman–Crippen MR) is 133 cm³/mol. The second kappa shape index (κ2) is 8.32. The van der Waals surface area contributed by atoms with Gasteiger partial charge in [0.15, 0.2) is 5.65 Å². The van der Waals surface area contributed by atoms with Crippen molar-refractivity contribution in [3.63, 3.8) is 0 Å². The molecule has 9 nitrogen and oxygen atoms in total. The number of fused-ring (bicyclic) bond motifs is 2. The fraction of sp³-hybridized carbons (Fsp3) is 0.400. The fourth-order valence-electron chi connectivity index (χ4n) is 4.28. The van der Waals surface area contributed by atoms with Gasteiger partial charge in [-0.25, -0.2) is 14.3 Å². The van der Waals surface area contributed by atoms with Gasteiger partial charge in [0, 0.05) is 36.1 Å². The summed E-state index contributed by atoms with van der Waals surface area (Å²) in [5.41, 5.74) is 5.22. The quantitative estimate of drug-likeness (QED) is 0.481. The maximum atomic E-state index is 13.3. The van der Waals surface area contributed by atoms with Crippen LogP contribution in [0.1, 0.15) is 57.6 Å². The Kier molecular flexibility index (Phi) is 5.44. The number of hydrogen-bond donors (Lipinski definition) is 2. The molecule has 0 spiro atoms. The van der Waals surface area contributed by atoms with Crippen LogP contribution in [0.2, 0.25) is 0 Å². The molecule has 0 amide bonds. The van der Waals surface area contributed by atoms with Crippen LogP contribution in [0, 0.1) is 0 Å². The Morgan fingerprint density at radius 3 is 2.71 bits per heavy atom. The van der Waals surface area contributed by atoms with Gasteiger partial charge in [0.2, 0.25) is 5.95 Å². The number of hydrogen-bond acceptors (Lipinski definition) is 7. The lowest BCUT2D eigenvalue weighted by molar-refractivity contribution is 0.474. The van der Waals surface area contributed by atoms with Crippen molar-refractivity contribution in [1.29, 1.82) is 0 Å². The van der Waals surface area contributed by atoms with Gasteiger partial charge in [-0.05, 0) is 50.6 Å². The molecular weight excluding hydrogens is 428 g/mol. The van der Waals surface area contributed by atoms with Gasteiger partial charge in [-0.3, -0.25) is 14.8 Å². The molecule has 5 heterocycles. The molecule has 0 saturated heterocycles. The maximum absolute atomic E-state index is 13.3. The summed E-state index contributed by atoms with van der Waals surface area (Å²) in [6.07, 6.45) is 6.12. The van der Waals surface area contributed by atoms with Crippen LogP contribution >= 0.6 is 0 Å². The highest BCUT2D eigenvalue weighted by molar-refractivity contribution is 5.77. The first kappa shape index (κ1) is 22.2. The number of nitrogens with one attached hydrogen (secondary N) is 2. The monoisotopic (exact) mass is 458 g/mol. The molecule has 0 radical (unpaired) electrons. The lowest BCUT2D eigenvalue weighted by Gasteiger charge is -2.20. The second-order valence-corrected chi connectivity index (χ2v) is 10.0. The Labute approximate surface area is 198 Å². The van der Waals surface area contributed by atoms with Gasteiger partial charge in [-0.1, -0.05) is 20.8 Å². The molecular formula is C25H30N8O. The molecule has 0 saturated carbocycles. The summed E-state index contributed by atoms with van der Waals surface area (Å²) in [4.78, 5) is 31.6. The van der Waals surface area contributed by atoms with E-state index in [0.717, 1.165) is 42.3 Å². The average molecular weight is 459 g/mol. The van der Waals surface area contributed by atoms with Crippen molar-refractivity contribution in [3.05, 3.63) is 64.1 Å². The standard InChI is InChI=1S/C25H30N8O/c1-15(2)32-23(34)19-13-29-24(30-17-10-16-6-8-26-14-20(16)28-12-17)31-22(19)33(32)18-7-9-27-21(11-18)25(3,4)5/h7,9-13,15,26H,6,8,14H2,1-5H3,(H,29,30,31). The summed E-state index contributed by atoms with van der Waals surface area (Å²) in [7, 11) is 0. The first-order valence-corrected chi connectivity index (χ1v) is 11.6. The number of aromatic nitrogens is 6. The van der Waals surface area contributed by atoms with E-state index in [1.165, 1.54) is 5.56 Å². The molecule has 34 heavy (non-hydrogen) atoms. The van der Waals surface area contributed by atoms with Crippen molar-refractivity contribution in [2.24, 2.45) is 0 Å². The summed E-state index contributed by atoms with van der Waals surface area (Å²) in [6.45, 7) is 12.1. The van der Waals surface area contributed by atoms with E-state index in [0.29, 0.717) is 17.0 Å². The largest absolute Gasteiger partial charge is 0.323 e. The second-order valence-electron chi connectivity index (χ2n) is 10.0. The number of pyridine rings is 2. The number of nitrogens with zero attached hydrogens (tertiary/aromatic N) is 6. The van der Waals surface area contributed by atoms with Gasteiger partial charge in [-0.15, -0.1) is 0 Å². The van der Waals surface area contributed by atoms with Crippen molar-refractivity contribution in [3.8, 4) is 5.69 Å². The zero-order valence-electron chi connectivity index (χ0n) is 20.3. The highest BCUT2D eigenvalue weighted by atomic mass is 16.1. The van der Waals surface area contributed by atoms with E-state index in [9.17, 15) is 4.79 Å². The van der Waals surface area contributed by atoms with Crippen molar-refractivity contribution < 1.29 is 0 Å². The third-order valence-electron chi connectivity index (χ3n) is 6.05. The SMILES string of the molecule is CC(C)n1c(=O)c2cnc(Nc3cnc4c(c3)CCNC4)nc2n1-c1ccnc(C(C)(C)C)c1. The molecule has 1 aliphatic heterocycles. The minimum atomic E-state index is -0.126. The molecule has 1 aliphatic rings. The topological polar surface area (TPSA) is 103 Å². The molecule has 4 aromatic rings. The Balaban J connectivity index is 1.63. The van der Waals surface area contributed by atoms with Gasteiger partial charge in [-0.2, -0.15) is 4.98 Å². The first-order chi connectivity index (χ1) is 16.2. The van der Waals surface area contributed by atoms with Crippen LogP contribution in [0.15, 0.2) is 41.6 Å². The molecule has 4 aromatic heterocycles. The van der Waals surface area contributed by atoms with E-state index in [1.807, 2.05) is 30.7 Å². The predicted octanol–water partition coefficient (Wildman–Crippen LogP) is 3.64. The summed E-state index contributed by atoms with van der Waals surface area (Å²) in [6, 6.07) is 5.96. The van der Waals surface area contributed by atoms with Gasteiger partial charge in [0.05, 0.1) is 23.3 Å². The van der Waals surface area contributed by atoms with Crippen molar-refractivity contribution in [2.75, 3.05) is 11.9 Å². The third kappa shape index (κ3) is 3.96. The van der Waals surface area contributed by atoms with Crippen LogP contribution in [0.25, 0.3) is 16.7 Å². The normalized spacial score (nSPS) is 13.9. The van der Waals surface area contributed by atoms with E-state index in [1.54, 1.807) is 23.3 Å². The number of anilines is 2. The Bertz CT molecular complexity index is 1430. The van der Waals surface area contributed by atoms with E-state index in [4.69, 9.17) is 4.98 Å². The Morgan fingerprint density at radius 2 is 1.94 bits per heavy atom. The molecule has 0 fully saturated rings. The van der Waals surface area contributed by atoms with Crippen molar-refractivity contribution in [1.82, 2.24) is 34.6 Å². The summed E-state index contributed by atoms with van der Waals surface area (Å²) < 4.78 is 3.60. The van der Waals surface area contributed by atoms with Crippen LogP contribution in [0.4, 0.5) is 11.6 Å². The highest BCUT2D eigenvalue weighted by Gasteiger charge is 2.22. The van der Waals surface area contributed by atoms with Crippen LogP contribution in [0.5, 0.6) is 0 Å². The molecule has 176 valence electrons. The first-order valence-electron chi connectivity index (χ1n) is 11.6. The lowest BCUT2D eigenvalue weighted by Crippen LogP contribution is -2.24. The summed E-state index contributed by atoms with van der Waals surface area (Å²) >= 11 is 0.